The Kier molecular flexibility index (Phi) is 9.19. The number of nitrogens with one attached hydrogen (secondary N) is 2. The molecule has 0 saturated carbocycles. The van der Waals surface area contributed by atoms with Crippen molar-refractivity contribution in [3.05, 3.63) is 23.2 Å². The van der Waals surface area contributed by atoms with E-state index in [4.69, 9.17) is 16.3 Å². The van der Waals surface area contributed by atoms with E-state index in [0.717, 1.165) is 19.3 Å². The van der Waals surface area contributed by atoms with Gasteiger partial charge in [-0.05, 0) is 31.7 Å². The number of likely N-dealkylation sites (N-methyl/N-ethyl adjacent to an activating group) is 1. The number of ether oxygens (including phenoxy) is 1. The Bertz CT molecular complexity index is 552. The van der Waals surface area contributed by atoms with E-state index in [0.29, 0.717) is 23.0 Å². The van der Waals surface area contributed by atoms with E-state index in [-0.39, 0.29) is 24.9 Å². The lowest BCUT2D eigenvalue weighted by Gasteiger charge is -2.17. The van der Waals surface area contributed by atoms with Crippen molar-refractivity contribution in [3.8, 4) is 5.75 Å². The Hall–Kier alpha value is -1.79. The minimum Gasteiger partial charge on any atom is -0.495 e. The first-order valence-corrected chi connectivity index (χ1v) is 8.42. The van der Waals surface area contributed by atoms with Crippen molar-refractivity contribution in [3.63, 3.8) is 0 Å². The fraction of sp³-hybridized carbons (Fsp3) is 0.529. The molecule has 1 rings (SSSR count). The van der Waals surface area contributed by atoms with E-state index >= 15 is 0 Å². The normalized spacial score (nSPS) is 10.5. The summed E-state index contributed by atoms with van der Waals surface area (Å²) in [6, 6.07) is 5.00. The first-order valence-electron chi connectivity index (χ1n) is 8.05. The number of benzene rings is 1. The van der Waals surface area contributed by atoms with Gasteiger partial charge >= 0.3 is 0 Å². The fourth-order valence-electron chi connectivity index (χ4n) is 2.17. The SMILES string of the molecule is CCCCCNC(=O)CN(C)CC(=O)Nc1cc(Cl)ccc1OC. The maximum atomic E-state index is 12.1. The zero-order valence-electron chi connectivity index (χ0n) is 14.5. The molecule has 6 nitrogen and oxygen atoms in total. The summed E-state index contributed by atoms with van der Waals surface area (Å²) < 4.78 is 5.18. The quantitative estimate of drug-likeness (QED) is 0.633. The molecule has 0 atom stereocenters. The van der Waals surface area contributed by atoms with Gasteiger partial charge in [-0.2, -0.15) is 0 Å². The van der Waals surface area contributed by atoms with E-state index in [9.17, 15) is 9.59 Å². The van der Waals surface area contributed by atoms with Crippen molar-refractivity contribution in [2.75, 3.05) is 39.1 Å². The highest BCUT2D eigenvalue weighted by atomic mass is 35.5. The number of anilines is 1. The number of amides is 2. The average molecular weight is 356 g/mol. The Morgan fingerprint density at radius 3 is 2.58 bits per heavy atom. The van der Waals surface area contributed by atoms with Gasteiger partial charge in [0.2, 0.25) is 11.8 Å². The van der Waals surface area contributed by atoms with E-state index in [1.54, 1.807) is 30.1 Å². The van der Waals surface area contributed by atoms with Crippen molar-refractivity contribution in [2.24, 2.45) is 0 Å². The molecule has 134 valence electrons. The molecule has 0 aromatic heterocycles. The molecule has 7 heteroatoms. The molecule has 0 aliphatic heterocycles. The van der Waals surface area contributed by atoms with E-state index < -0.39 is 0 Å². The highest BCUT2D eigenvalue weighted by Crippen LogP contribution is 2.27. The number of rotatable bonds is 10. The summed E-state index contributed by atoms with van der Waals surface area (Å²) in [4.78, 5) is 25.5. The fourth-order valence-corrected chi connectivity index (χ4v) is 2.34. The minimum absolute atomic E-state index is 0.0817. The van der Waals surface area contributed by atoms with Crippen molar-refractivity contribution in [2.45, 2.75) is 26.2 Å². The predicted molar refractivity (Wildman–Crippen MR) is 96.7 cm³/mol. The molecule has 2 N–H and O–H groups in total. The highest BCUT2D eigenvalue weighted by molar-refractivity contribution is 6.31. The Balaban J connectivity index is 2.41. The molecule has 0 saturated heterocycles. The second kappa shape index (κ2) is 10.9. The van der Waals surface area contributed by atoms with Gasteiger partial charge < -0.3 is 15.4 Å². The molecule has 1 aromatic rings. The molecule has 0 spiro atoms. The molecule has 0 radical (unpaired) electrons. The molecule has 24 heavy (non-hydrogen) atoms. The number of hydrogen-bond acceptors (Lipinski definition) is 4. The molecule has 0 heterocycles. The molecule has 1 aromatic carbocycles. The van der Waals surface area contributed by atoms with Crippen LogP contribution in [0.2, 0.25) is 5.02 Å². The molecule has 0 unspecified atom stereocenters. The molecule has 0 aliphatic carbocycles. The van der Waals surface area contributed by atoms with Crippen molar-refractivity contribution in [1.29, 1.82) is 0 Å². The minimum atomic E-state index is -0.239. The van der Waals surface area contributed by atoms with Gasteiger partial charge in [-0.3, -0.25) is 14.5 Å². The van der Waals surface area contributed by atoms with Crippen LogP contribution in [0.5, 0.6) is 5.75 Å². The summed E-state index contributed by atoms with van der Waals surface area (Å²) in [5.41, 5.74) is 0.507. The number of unbranched alkanes of at least 4 members (excludes halogenated alkanes) is 2. The third kappa shape index (κ3) is 7.66. The van der Waals surface area contributed by atoms with Crippen LogP contribution in [0.4, 0.5) is 5.69 Å². The van der Waals surface area contributed by atoms with E-state index in [1.807, 2.05) is 0 Å². The lowest BCUT2D eigenvalue weighted by molar-refractivity contribution is -0.122. The second-order valence-electron chi connectivity index (χ2n) is 5.62. The smallest absolute Gasteiger partial charge is 0.238 e. The number of carbonyl (C=O) groups excluding carboxylic acids is 2. The summed E-state index contributed by atoms with van der Waals surface area (Å²) in [6.45, 7) is 3.06. The Morgan fingerprint density at radius 2 is 1.92 bits per heavy atom. The number of methoxy groups -OCH3 is 1. The standard InChI is InChI=1S/C17H26ClN3O3/c1-4-5-6-9-19-16(22)11-21(2)12-17(23)20-14-10-13(18)7-8-15(14)24-3/h7-8,10H,4-6,9,11-12H2,1-3H3,(H,19,22)(H,20,23). The maximum Gasteiger partial charge on any atom is 0.238 e. The first kappa shape index (κ1) is 20.3. The van der Waals surface area contributed by atoms with Crippen LogP contribution in [0.1, 0.15) is 26.2 Å². The first-order chi connectivity index (χ1) is 11.5. The van der Waals surface area contributed by atoms with Crippen LogP contribution in [-0.2, 0) is 9.59 Å². The largest absolute Gasteiger partial charge is 0.495 e. The third-order valence-electron chi connectivity index (χ3n) is 3.37. The molecular weight excluding hydrogens is 330 g/mol. The molecule has 0 bridgehead atoms. The van der Waals surface area contributed by atoms with Gasteiger partial charge in [0.25, 0.3) is 0 Å². The lowest BCUT2D eigenvalue weighted by Crippen LogP contribution is -2.39. The van der Waals surface area contributed by atoms with E-state index in [2.05, 4.69) is 17.6 Å². The summed E-state index contributed by atoms with van der Waals surface area (Å²) in [7, 11) is 3.24. The second-order valence-corrected chi connectivity index (χ2v) is 6.06. The summed E-state index contributed by atoms with van der Waals surface area (Å²) in [5, 5.41) is 6.10. The van der Waals surface area contributed by atoms with Gasteiger partial charge in [0.15, 0.2) is 0 Å². The summed E-state index contributed by atoms with van der Waals surface area (Å²) >= 11 is 5.93. The average Bonchev–Trinajstić information content (AvgIpc) is 2.51. The van der Waals surface area contributed by atoms with Crippen LogP contribution >= 0.6 is 11.6 Å². The molecular formula is C17H26ClN3O3. The van der Waals surface area contributed by atoms with Crippen molar-refractivity contribution >= 4 is 29.1 Å². The van der Waals surface area contributed by atoms with Gasteiger partial charge in [-0.25, -0.2) is 0 Å². The van der Waals surface area contributed by atoms with Crippen LogP contribution in [0.15, 0.2) is 18.2 Å². The van der Waals surface area contributed by atoms with Crippen LogP contribution < -0.4 is 15.4 Å². The van der Waals surface area contributed by atoms with E-state index in [1.165, 1.54) is 7.11 Å². The summed E-state index contributed by atoms with van der Waals surface area (Å²) in [6.07, 6.45) is 3.18. The Morgan fingerprint density at radius 1 is 1.21 bits per heavy atom. The maximum absolute atomic E-state index is 12.1. The van der Waals surface area contributed by atoms with Gasteiger partial charge in [-0.15, -0.1) is 0 Å². The molecule has 0 fully saturated rings. The van der Waals surface area contributed by atoms with Crippen LogP contribution in [-0.4, -0.2) is 50.5 Å². The predicted octanol–water partition coefficient (Wildman–Crippen LogP) is 2.53. The third-order valence-corrected chi connectivity index (χ3v) is 3.60. The van der Waals surface area contributed by atoms with Crippen LogP contribution in [0.3, 0.4) is 0 Å². The van der Waals surface area contributed by atoms with Crippen molar-refractivity contribution in [1.82, 2.24) is 10.2 Å². The Labute approximate surface area is 148 Å². The number of nitrogens with zero attached hydrogens (tertiary/aromatic N) is 1. The van der Waals surface area contributed by atoms with Gasteiger partial charge in [0.05, 0.1) is 25.9 Å². The van der Waals surface area contributed by atoms with Crippen LogP contribution in [0.25, 0.3) is 0 Å². The highest BCUT2D eigenvalue weighted by Gasteiger charge is 2.13. The monoisotopic (exact) mass is 355 g/mol. The lowest BCUT2D eigenvalue weighted by atomic mass is 10.2. The van der Waals surface area contributed by atoms with Crippen molar-refractivity contribution < 1.29 is 14.3 Å². The van der Waals surface area contributed by atoms with Gasteiger partial charge in [-0.1, -0.05) is 31.4 Å². The summed E-state index contributed by atoms with van der Waals surface area (Å²) in [5.74, 6) is 0.211. The number of hydrogen-bond donors (Lipinski definition) is 2. The van der Waals surface area contributed by atoms with Crippen LogP contribution in [0, 0.1) is 0 Å². The van der Waals surface area contributed by atoms with Gasteiger partial charge in [0, 0.05) is 11.6 Å². The van der Waals surface area contributed by atoms with Gasteiger partial charge in [0.1, 0.15) is 5.75 Å². The topological polar surface area (TPSA) is 70.7 Å². The number of carbonyl (C=O) groups is 2. The zero-order valence-corrected chi connectivity index (χ0v) is 15.3. The number of halogens is 1. The zero-order chi connectivity index (χ0) is 17.9. The molecule has 2 amide bonds. The molecule has 0 aliphatic rings.